The van der Waals surface area contributed by atoms with Gasteiger partial charge < -0.3 is 4.74 Å². The fourth-order valence-corrected chi connectivity index (χ4v) is 2.47. The zero-order valence-electron chi connectivity index (χ0n) is 11.4. The van der Waals surface area contributed by atoms with Crippen LogP contribution in [0.4, 0.5) is 5.69 Å². The quantitative estimate of drug-likeness (QED) is 0.479. The highest BCUT2D eigenvalue weighted by atomic mass is 16.6. The number of nitro groups is 1. The summed E-state index contributed by atoms with van der Waals surface area (Å²) < 4.78 is 5.24. The highest BCUT2D eigenvalue weighted by molar-refractivity contribution is 5.66. The van der Waals surface area contributed by atoms with Gasteiger partial charge in [-0.2, -0.15) is 0 Å². The maximum atomic E-state index is 11.0. The molecule has 0 saturated carbocycles. The van der Waals surface area contributed by atoms with Crippen molar-refractivity contribution in [1.82, 2.24) is 4.90 Å². The molecule has 0 N–H and O–H groups in total. The van der Waals surface area contributed by atoms with Crippen molar-refractivity contribution in [2.24, 2.45) is 0 Å². The molecule has 1 atom stereocenters. The van der Waals surface area contributed by atoms with Crippen LogP contribution in [-0.2, 0) is 16.1 Å². The summed E-state index contributed by atoms with van der Waals surface area (Å²) in [7, 11) is 0. The van der Waals surface area contributed by atoms with E-state index in [-0.39, 0.29) is 17.8 Å². The number of benzene rings is 1. The summed E-state index contributed by atoms with van der Waals surface area (Å²) in [5.41, 5.74) is 1.13. The Kier molecular flexibility index (Phi) is 4.68. The number of ether oxygens (including phenoxy) is 1. The molecule has 0 aliphatic carbocycles. The van der Waals surface area contributed by atoms with Gasteiger partial charge in [0.05, 0.1) is 4.92 Å². The largest absolute Gasteiger partial charge is 0.461 e. The Morgan fingerprint density at radius 3 is 2.75 bits per heavy atom. The van der Waals surface area contributed by atoms with E-state index in [2.05, 4.69) is 4.90 Å². The average Bonchev–Trinajstić information content (AvgIpc) is 2.39. The normalized spacial score (nSPS) is 19.6. The zero-order valence-corrected chi connectivity index (χ0v) is 11.4. The van der Waals surface area contributed by atoms with Crippen molar-refractivity contribution >= 4 is 11.7 Å². The lowest BCUT2D eigenvalue weighted by Gasteiger charge is -2.32. The first-order chi connectivity index (χ1) is 9.54. The first kappa shape index (κ1) is 14.5. The lowest BCUT2D eigenvalue weighted by Crippen LogP contribution is -2.39. The number of piperidine rings is 1. The predicted molar refractivity (Wildman–Crippen MR) is 73.2 cm³/mol. The standard InChI is InChI=1S/C14H18N2O4/c1-11(17)20-14-3-2-8-15(10-14)9-12-4-6-13(7-5-12)16(18)19/h4-7,14H,2-3,8-10H2,1H3. The Labute approximate surface area is 117 Å². The Morgan fingerprint density at radius 1 is 1.45 bits per heavy atom. The van der Waals surface area contributed by atoms with Crippen LogP contribution >= 0.6 is 0 Å². The summed E-state index contributed by atoms with van der Waals surface area (Å²) in [5.74, 6) is -0.243. The van der Waals surface area contributed by atoms with Gasteiger partial charge >= 0.3 is 5.97 Å². The van der Waals surface area contributed by atoms with E-state index in [1.54, 1.807) is 12.1 Å². The summed E-state index contributed by atoms with van der Waals surface area (Å²) in [6, 6.07) is 6.58. The molecule has 1 aliphatic heterocycles. The third-order valence-electron chi connectivity index (χ3n) is 3.35. The van der Waals surface area contributed by atoms with Crippen LogP contribution in [0.2, 0.25) is 0 Å². The number of carbonyl (C=O) groups is 1. The Hall–Kier alpha value is -1.95. The van der Waals surface area contributed by atoms with E-state index in [0.29, 0.717) is 0 Å². The second-order valence-electron chi connectivity index (χ2n) is 5.03. The molecule has 0 amide bonds. The summed E-state index contributed by atoms with van der Waals surface area (Å²) >= 11 is 0. The van der Waals surface area contributed by atoms with Gasteiger partial charge in [-0.1, -0.05) is 12.1 Å². The van der Waals surface area contributed by atoms with Gasteiger partial charge in [0.25, 0.3) is 5.69 Å². The van der Waals surface area contributed by atoms with Gasteiger partial charge in [0.15, 0.2) is 0 Å². The number of hydrogen-bond acceptors (Lipinski definition) is 5. The van der Waals surface area contributed by atoms with E-state index in [1.165, 1.54) is 19.1 Å². The molecule has 1 unspecified atom stereocenters. The van der Waals surface area contributed by atoms with E-state index in [4.69, 9.17) is 4.74 Å². The second-order valence-corrected chi connectivity index (χ2v) is 5.03. The molecule has 1 heterocycles. The molecule has 0 bridgehead atoms. The second kappa shape index (κ2) is 6.47. The SMILES string of the molecule is CC(=O)OC1CCCN(Cc2ccc([N+](=O)[O-])cc2)C1. The van der Waals surface area contributed by atoms with Crippen LogP contribution in [0.1, 0.15) is 25.3 Å². The molecule has 1 fully saturated rings. The van der Waals surface area contributed by atoms with Crippen molar-refractivity contribution in [2.75, 3.05) is 13.1 Å². The van der Waals surface area contributed by atoms with E-state index < -0.39 is 4.92 Å². The number of carbonyl (C=O) groups excluding carboxylic acids is 1. The number of nitrogens with zero attached hydrogens (tertiary/aromatic N) is 2. The lowest BCUT2D eigenvalue weighted by molar-refractivity contribution is -0.384. The van der Waals surface area contributed by atoms with Crippen LogP contribution in [0, 0.1) is 10.1 Å². The van der Waals surface area contributed by atoms with Gasteiger partial charge in [0.2, 0.25) is 0 Å². The number of likely N-dealkylation sites (tertiary alicyclic amines) is 1. The molecule has 1 saturated heterocycles. The van der Waals surface area contributed by atoms with Gasteiger partial charge in [-0.3, -0.25) is 19.8 Å². The van der Waals surface area contributed by atoms with Crippen LogP contribution in [0.3, 0.4) is 0 Å². The molecule has 1 aromatic rings. The van der Waals surface area contributed by atoms with Crippen molar-refractivity contribution in [3.8, 4) is 0 Å². The van der Waals surface area contributed by atoms with Crippen LogP contribution in [-0.4, -0.2) is 35.0 Å². The van der Waals surface area contributed by atoms with Crippen molar-refractivity contribution in [3.63, 3.8) is 0 Å². The van der Waals surface area contributed by atoms with Crippen molar-refractivity contribution in [3.05, 3.63) is 39.9 Å². The number of rotatable bonds is 4. The molecule has 0 aromatic heterocycles. The van der Waals surface area contributed by atoms with E-state index in [0.717, 1.165) is 38.0 Å². The monoisotopic (exact) mass is 278 g/mol. The third kappa shape index (κ3) is 4.03. The van der Waals surface area contributed by atoms with Crippen molar-refractivity contribution in [2.45, 2.75) is 32.4 Å². The topological polar surface area (TPSA) is 72.7 Å². The highest BCUT2D eigenvalue weighted by Gasteiger charge is 2.22. The number of hydrogen-bond donors (Lipinski definition) is 0. The molecule has 2 rings (SSSR count). The highest BCUT2D eigenvalue weighted by Crippen LogP contribution is 2.18. The van der Waals surface area contributed by atoms with Gasteiger partial charge in [-0.25, -0.2) is 0 Å². The minimum absolute atomic E-state index is 0.0423. The van der Waals surface area contributed by atoms with Crippen molar-refractivity contribution < 1.29 is 14.5 Å². The fraction of sp³-hybridized carbons (Fsp3) is 0.500. The van der Waals surface area contributed by atoms with Crippen LogP contribution in [0.5, 0.6) is 0 Å². The number of non-ortho nitro benzene ring substituents is 1. The minimum Gasteiger partial charge on any atom is -0.461 e. The summed E-state index contributed by atoms with van der Waals surface area (Å²) in [4.78, 5) is 23.4. The van der Waals surface area contributed by atoms with E-state index >= 15 is 0 Å². The molecule has 0 spiro atoms. The maximum absolute atomic E-state index is 11.0. The summed E-state index contributed by atoms with van der Waals surface area (Å²) in [5, 5.41) is 10.6. The minimum atomic E-state index is -0.401. The van der Waals surface area contributed by atoms with Crippen LogP contribution in [0.25, 0.3) is 0 Å². The molecular weight excluding hydrogens is 260 g/mol. The maximum Gasteiger partial charge on any atom is 0.302 e. The predicted octanol–water partition coefficient (Wildman–Crippen LogP) is 2.12. The average molecular weight is 278 g/mol. The molecule has 1 aliphatic rings. The molecule has 108 valence electrons. The van der Waals surface area contributed by atoms with Gasteiger partial charge in [-0.15, -0.1) is 0 Å². The first-order valence-electron chi connectivity index (χ1n) is 6.67. The first-order valence-corrected chi connectivity index (χ1v) is 6.67. The summed E-state index contributed by atoms with van der Waals surface area (Å²) in [6.07, 6.45) is 1.85. The van der Waals surface area contributed by atoms with Gasteiger partial charge in [0.1, 0.15) is 6.10 Å². The zero-order chi connectivity index (χ0) is 14.5. The molecule has 6 heteroatoms. The summed E-state index contributed by atoms with van der Waals surface area (Å²) in [6.45, 7) is 3.82. The lowest BCUT2D eigenvalue weighted by atomic mass is 10.1. The Morgan fingerprint density at radius 2 is 2.15 bits per heavy atom. The third-order valence-corrected chi connectivity index (χ3v) is 3.35. The molecule has 1 aromatic carbocycles. The molecule has 0 radical (unpaired) electrons. The van der Waals surface area contributed by atoms with Crippen LogP contribution in [0.15, 0.2) is 24.3 Å². The molecule has 6 nitrogen and oxygen atoms in total. The molecular formula is C14H18N2O4. The van der Waals surface area contributed by atoms with Crippen molar-refractivity contribution in [1.29, 1.82) is 0 Å². The van der Waals surface area contributed by atoms with Gasteiger partial charge in [-0.05, 0) is 24.9 Å². The Balaban J connectivity index is 1.92. The van der Waals surface area contributed by atoms with E-state index in [9.17, 15) is 14.9 Å². The fourth-order valence-electron chi connectivity index (χ4n) is 2.47. The molecule has 20 heavy (non-hydrogen) atoms. The van der Waals surface area contributed by atoms with Crippen LogP contribution < -0.4 is 0 Å². The Bertz CT molecular complexity index is 486. The number of esters is 1. The number of nitro benzene ring substituents is 1. The van der Waals surface area contributed by atoms with Gasteiger partial charge in [0, 0.05) is 32.1 Å². The smallest absolute Gasteiger partial charge is 0.302 e. The van der Waals surface area contributed by atoms with E-state index in [1.807, 2.05) is 0 Å².